The van der Waals surface area contributed by atoms with Crippen LogP contribution in [0, 0.1) is 5.92 Å². The molecule has 8 nitrogen and oxygen atoms in total. The number of amides is 4. The number of nitrogens with one attached hydrogen (secondary N) is 3. The van der Waals surface area contributed by atoms with Gasteiger partial charge >= 0.3 is 0 Å². The van der Waals surface area contributed by atoms with Gasteiger partial charge in [-0.3, -0.25) is 19.2 Å². The fourth-order valence-electron chi connectivity index (χ4n) is 5.47. The van der Waals surface area contributed by atoms with E-state index in [1.807, 2.05) is 42.2 Å². The summed E-state index contributed by atoms with van der Waals surface area (Å²) in [6, 6.07) is 13.6. The SMILES string of the molecule is CCCC(NC(C)=O)C(=O)N1[C@H]2CC[C@H]1C(C(=O)Nc1ccc(Cl)c(C(=O)NCc3ccccc3)c1)C2. The van der Waals surface area contributed by atoms with E-state index < -0.39 is 6.04 Å². The number of halogens is 1. The minimum atomic E-state index is -0.569. The van der Waals surface area contributed by atoms with Crippen LogP contribution in [0.4, 0.5) is 5.69 Å². The topological polar surface area (TPSA) is 108 Å². The maximum absolute atomic E-state index is 13.3. The third-order valence-corrected chi connectivity index (χ3v) is 7.49. The molecular weight excluding hydrogens is 492 g/mol. The van der Waals surface area contributed by atoms with Crippen LogP contribution in [-0.4, -0.2) is 46.7 Å². The molecule has 0 aliphatic carbocycles. The largest absolute Gasteiger partial charge is 0.348 e. The number of anilines is 1. The van der Waals surface area contributed by atoms with Gasteiger partial charge in [0.15, 0.2) is 0 Å². The highest BCUT2D eigenvalue weighted by Gasteiger charge is 2.52. The van der Waals surface area contributed by atoms with Crippen molar-refractivity contribution in [2.45, 2.75) is 70.6 Å². The molecular formula is C28H33ClN4O4. The second-order valence-corrected chi connectivity index (χ2v) is 10.2. The van der Waals surface area contributed by atoms with Gasteiger partial charge in [0.2, 0.25) is 17.7 Å². The van der Waals surface area contributed by atoms with Crippen LogP contribution in [0.2, 0.25) is 5.02 Å². The molecule has 3 N–H and O–H groups in total. The first-order valence-electron chi connectivity index (χ1n) is 12.8. The second kappa shape index (κ2) is 11.8. The summed E-state index contributed by atoms with van der Waals surface area (Å²) in [5, 5.41) is 8.85. The zero-order chi connectivity index (χ0) is 26.5. The predicted molar refractivity (Wildman–Crippen MR) is 142 cm³/mol. The van der Waals surface area contributed by atoms with Crippen molar-refractivity contribution in [1.29, 1.82) is 0 Å². The molecule has 2 unspecified atom stereocenters. The number of rotatable bonds is 9. The van der Waals surface area contributed by atoms with Gasteiger partial charge < -0.3 is 20.9 Å². The number of benzene rings is 2. The van der Waals surface area contributed by atoms with Gasteiger partial charge in [0.1, 0.15) is 6.04 Å². The molecule has 0 radical (unpaired) electrons. The molecule has 2 bridgehead atoms. The first-order valence-corrected chi connectivity index (χ1v) is 13.2. The monoisotopic (exact) mass is 524 g/mol. The number of carbonyl (C=O) groups is 4. The Morgan fingerprint density at radius 2 is 1.84 bits per heavy atom. The highest BCUT2D eigenvalue weighted by Crippen LogP contribution is 2.42. The third kappa shape index (κ3) is 6.13. The van der Waals surface area contributed by atoms with Crippen molar-refractivity contribution in [1.82, 2.24) is 15.5 Å². The Morgan fingerprint density at radius 1 is 1.08 bits per heavy atom. The van der Waals surface area contributed by atoms with Gasteiger partial charge in [-0.1, -0.05) is 55.3 Å². The summed E-state index contributed by atoms with van der Waals surface area (Å²) in [5.74, 6) is -1.22. The molecule has 0 aromatic heterocycles. The van der Waals surface area contributed by atoms with Crippen LogP contribution in [0.3, 0.4) is 0 Å². The first-order chi connectivity index (χ1) is 17.8. The van der Waals surface area contributed by atoms with Crippen molar-refractivity contribution >= 4 is 40.9 Å². The number of nitrogens with zero attached hydrogens (tertiary/aromatic N) is 1. The van der Waals surface area contributed by atoms with Crippen LogP contribution in [0.25, 0.3) is 0 Å². The lowest BCUT2D eigenvalue weighted by Crippen LogP contribution is -2.50. The van der Waals surface area contributed by atoms with Gasteiger partial charge in [-0.25, -0.2) is 0 Å². The van der Waals surface area contributed by atoms with Crippen molar-refractivity contribution in [2.24, 2.45) is 5.92 Å². The highest BCUT2D eigenvalue weighted by atomic mass is 35.5. The third-order valence-electron chi connectivity index (χ3n) is 7.16. The van der Waals surface area contributed by atoms with E-state index in [1.54, 1.807) is 18.2 Å². The molecule has 2 aromatic carbocycles. The van der Waals surface area contributed by atoms with E-state index in [-0.39, 0.29) is 47.2 Å². The van der Waals surface area contributed by atoms with Gasteiger partial charge in [0.25, 0.3) is 5.91 Å². The quantitative estimate of drug-likeness (QED) is 0.462. The lowest BCUT2D eigenvalue weighted by atomic mass is 9.88. The molecule has 4 atom stereocenters. The Kier molecular flexibility index (Phi) is 8.48. The van der Waals surface area contributed by atoms with Crippen LogP contribution in [0.1, 0.15) is 61.9 Å². The number of hydrogen-bond donors (Lipinski definition) is 3. The van der Waals surface area contributed by atoms with E-state index in [9.17, 15) is 19.2 Å². The Labute approximate surface area is 222 Å². The van der Waals surface area contributed by atoms with Crippen molar-refractivity contribution < 1.29 is 19.2 Å². The lowest BCUT2D eigenvalue weighted by Gasteiger charge is -2.28. The van der Waals surface area contributed by atoms with Crippen molar-refractivity contribution in [2.75, 3.05) is 5.32 Å². The standard InChI is InChI=1S/C28H33ClN4O4/c1-3-7-24(31-17(2)34)28(37)33-20-11-13-25(33)22(15-20)27(36)32-19-10-12-23(29)21(14-19)26(35)30-16-18-8-5-4-6-9-18/h4-6,8-10,12,14,20,22,24-25H,3,7,11,13,15-16H2,1-2H3,(H,30,35)(H,31,34)(H,32,36)/t20-,22?,24?,25-/m0/s1. The van der Waals surface area contributed by atoms with Crippen molar-refractivity contribution in [3.05, 3.63) is 64.7 Å². The maximum Gasteiger partial charge on any atom is 0.253 e. The summed E-state index contributed by atoms with van der Waals surface area (Å²) in [6.07, 6.45) is 3.51. The second-order valence-electron chi connectivity index (χ2n) is 9.78. The molecule has 9 heteroatoms. The zero-order valence-corrected chi connectivity index (χ0v) is 21.9. The zero-order valence-electron chi connectivity index (χ0n) is 21.1. The fraction of sp³-hybridized carbons (Fsp3) is 0.429. The molecule has 2 fully saturated rings. The van der Waals surface area contributed by atoms with E-state index in [1.165, 1.54) is 6.92 Å². The molecule has 4 rings (SSSR count). The van der Waals surface area contributed by atoms with Crippen LogP contribution in [0.15, 0.2) is 48.5 Å². The van der Waals surface area contributed by atoms with Gasteiger partial charge in [0.05, 0.1) is 16.5 Å². The Bertz CT molecular complexity index is 1170. The van der Waals surface area contributed by atoms with E-state index in [4.69, 9.17) is 11.6 Å². The van der Waals surface area contributed by atoms with E-state index in [2.05, 4.69) is 16.0 Å². The molecule has 2 aliphatic rings. The van der Waals surface area contributed by atoms with E-state index in [0.29, 0.717) is 30.1 Å². The molecule has 2 heterocycles. The minimum Gasteiger partial charge on any atom is -0.348 e. The minimum absolute atomic E-state index is 0.00842. The summed E-state index contributed by atoms with van der Waals surface area (Å²) in [4.78, 5) is 52.8. The normalized spacial score (nSPS) is 20.8. The number of fused-ring (bicyclic) bond motifs is 2. The fourth-order valence-corrected chi connectivity index (χ4v) is 5.67. The van der Waals surface area contributed by atoms with E-state index in [0.717, 1.165) is 24.8 Å². The average molecular weight is 525 g/mol. The summed E-state index contributed by atoms with van der Waals surface area (Å²) < 4.78 is 0. The predicted octanol–water partition coefficient (Wildman–Crippen LogP) is 3.89. The first kappa shape index (κ1) is 26.7. The Morgan fingerprint density at radius 3 is 2.54 bits per heavy atom. The van der Waals surface area contributed by atoms with Gasteiger partial charge in [-0.2, -0.15) is 0 Å². The lowest BCUT2D eigenvalue weighted by molar-refractivity contribution is -0.137. The van der Waals surface area contributed by atoms with Gasteiger partial charge in [0, 0.05) is 31.2 Å². The van der Waals surface area contributed by atoms with Gasteiger partial charge in [-0.15, -0.1) is 0 Å². The molecule has 4 amide bonds. The molecule has 2 saturated heterocycles. The van der Waals surface area contributed by atoms with Crippen LogP contribution < -0.4 is 16.0 Å². The summed E-state index contributed by atoms with van der Waals surface area (Å²) in [5.41, 5.74) is 1.71. The molecule has 2 aliphatic heterocycles. The molecule has 2 aromatic rings. The van der Waals surface area contributed by atoms with Crippen molar-refractivity contribution in [3.8, 4) is 0 Å². The summed E-state index contributed by atoms with van der Waals surface area (Å²) >= 11 is 6.29. The number of hydrogen-bond acceptors (Lipinski definition) is 4. The maximum atomic E-state index is 13.3. The summed E-state index contributed by atoms with van der Waals surface area (Å²) in [6.45, 7) is 3.74. The molecule has 196 valence electrons. The van der Waals surface area contributed by atoms with Gasteiger partial charge in [-0.05, 0) is 49.4 Å². The molecule has 37 heavy (non-hydrogen) atoms. The smallest absolute Gasteiger partial charge is 0.253 e. The highest BCUT2D eigenvalue weighted by molar-refractivity contribution is 6.34. The van der Waals surface area contributed by atoms with Crippen LogP contribution in [-0.2, 0) is 20.9 Å². The summed E-state index contributed by atoms with van der Waals surface area (Å²) in [7, 11) is 0. The Balaban J connectivity index is 1.41. The molecule has 0 spiro atoms. The average Bonchev–Trinajstić information content (AvgIpc) is 3.46. The van der Waals surface area contributed by atoms with Crippen LogP contribution >= 0.6 is 11.6 Å². The number of carbonyl (C=O) groups excluding carboxylic acids is 4. The molecule has 0 saturated carbocycles. The van der Waals surface area contributed by atoms with Crippen LogP contribution in [0.5, 0.6) is 0 Å². The van der Waals surface area contributed by atoms with E-state index >= 15 is 0 Å². The Hall–Kier alpha value is -3.39. The van der Waals surface area contributed by atoms with Crippen molar-refractivity contribution in [3.63, 3.8) is 0 Å².